The van der Waals surface area contributed by atoms with Gasteiger partial charge in [0, 0.05) is 49.9 Å². The lowest BCUT2D eigenvalue weighted by Gasteiger charge is -2.31. The monoisotopic (exact) mass is 1220 g/mol. The van der Waals surface area contributed by atoms with E-state index in [1.165, 1.54) is 89.0 Å². The van der Waals surface area contributed by atoms with Gasteiger partial charge in [0.25, 0.3) is 0 Å². The lowest BCUT2D eigenvalue weighted by molar-refractivity contribution is 0.660. The van der Waals surface area contributed by atoms with Crippen molar-refractivity contribution in [1.29, 1.82) is 0 Å². The third kappa shape index (κ3) is 8.46. The first-order valence-corrected chi connectivity index (χ1v) is 33.1. The SMILES string of the molecule is CC1(C)c2ccccc2-c2ccc(N(c3ccc(-c4ccc5c(c4)c4ccc6c(c4n5-c4nc(-c5ccccc5)nc(-c5ccccc5)n4)C4(c5ccccc5-c5ccccc54)c4ccccc4-6)cc3)c3cccc(-c4cc(-c5ccccc5)cc(-c5ccccc5)c4)c3)cc21. The van der Waals surface area contributed by atoms with E-state index in [-0.39, 0.29) is 5.41 Å². The summed E-state index contributed by atoms with van der Waals surface area (Å²) in [7, 11) is 0. The second-order valence-corrected chi connectivity index (χ2v) is 26.2. The molecule has 3 aliphatic rings. The first kappa shape index (κ1) is 55.3. The van der Waals surface area contributed by atoms with E-state index in [1.807, 2.05) is 12.1 Å². The van der Waals surface area contributed by atoms with E-state index < -0.39 is 5.41 Å². The summed E-state index contributed by atoms with van der Waals surface area (Å²) in [5.41, 5.74) is 30.8. The van der Waals surface area contributed by atoms with Gasteiger partial charge in [-0.2, -0.15) is 9.97 Å². The third-order valence-electron chi connectivity index (χ3n) is 20.6. The Balaban J connectivity index is 0.805. The standard InChI is InChI=1S/C91H61N5/c1-90(2)79-38-19-15-34-71(79)75-48-47-70(57-83(75)90)95(69-33-23-32-63(55-69)67-53-65(58-24-7-3-8-25-58)52-66(54-67)59-26-9-4-10-27-59)68-45-42-60(43-46-68)64-44-51-84-78(56-64)77-50-49-76-74-37-18-22-41-82(74)91(80-39-20-16-35-72(80)73-36-17-21-40-81(73)91)85(76)86(77)96(84)89-93-87(61-28-11-5-12-29-61)92-88(94-89)62-30-13-6-14-31-62/h3-57H,1-2H3. The normalized spacial score (nSPS) is 13.3. The highest BCUT2D eigenvalue weighted by Gasteiger charge is 2.53. The van der Waals surface area contributed by atoms with Crippen molar-refractivity contribution < 1.29 is 0 Å². The molecule has 0 unspecified atom stereocenters. The molecule has 14 aromatic carbocycles. The van der Waals surface area contributed by atoms with Crippen molar-refractivity contribution in [1.82, 2.24) is 19.5 Å². The number of benzene rings is 14. The minimum atomic E-state index is -0.651. The minimum absolute atomic E-state index is 0.193. The highest BCUT2D eigenvalue weighted by molar-refractivity contribution is 6.15. The van der Waals surface area contributed by atoms with Crippen molar-refractivity contribution in [3.63, 3.8) is 0 Å². The number of rotatable bonds is 10. The average Bonchev–Trinajstić information content (AvgIpc) is 1.49. The first-order chi connectivity index (χ1) is 47.3. The van der Waals surface area contributed by atoms with Crippen molar-refractivity contribution in [2.24, 2.45) is 0 Å². The van der Waals surface area contributed by atoms with E-state index in [0.717, 1.165) is 72.2 Å². The molecule has 19 rings (SSSR count). The Morgan fingerprint density at radius 2 is 0.688 bits per heavy atom. The van der Waals surface area contributed by atoms with Crippen molar-refractivity contribution in [2.75, 3.05) is 4.90 Å². The number of fused-ring (bicyclic) bond motifs is 17. The quantitative estimate of drug-likeness (QED) is 0.137. The largest absolute Gasteiger partial charge is 0.310 e. The van der Waals surface area contributed by atoms with E-state index >= 15 is 0 Å². The van der Waals surface area contributed by atoms with Gasteiger partial charge in [-0.3, -0.25) is 4.57 Å². The van der Waals surface area contributed by atoms with Gasteiger partial charge in [0.2, 0.25) is 5.95 Å². The van der Waals surface area contributed by atoms with Gasteiger partial charge in [0.1, 0.15) is 0 Å². The van der Waals surface area contributed by atoms with Crippen molar-refractivity contribution in [3.05, 3.63) is 367 Å². The van der Waals surface area contributed by atoms with Gasteiger partial charge in [-0.1, -0.05) is 281 Å². The summed E-state index contributed by atoms with van der Waals surface area (Å²) in [5.74, 6) is 1.77. The maximum Gasteiger partial charge on any atom is 0.238 e. The fraction of sp³-hybridized carbons (Fsp3) is 0.0440. The molecule has 0 N–H and O–H groups in total. The predicted octanol–water partition coefficient (Wildman–Crippen LogP) is 23.1. The Bertz CT molecular complexity index is 5610. The third-order valence-corrected chi connectivity index (χ3v) is 20.6. The zero-order valence-corrected chi connectivity index (χ0v) is 53.0. The maximum atomic E-state index is 5.54. The smallest absolute Gasteiger partial charge is 0.238 e. The summed E-state index contributed by atoms with van der Waals surface area (Å²) < 4.78 is 2.36. The molecule has 2 heterocycles. The number of aromatic nitrogens is 4. The fourth-order valence-corrected chi connectivity index (χ4v) is 16.3. The highest BCUT2D eigenvalue weighted by Crippen LogP contribution is 2.65. The summed E-state index contributed by atoms with van der Waals surface area (Å²) in [6.07, 6.45) is 0. The summed E-state index contributed by atoms with van der Waals surface area (Å²) in [5, 5.41) is 2.23. The molecule has 1 spiro atoms. The van der Waals surface area contributed by atoms with E-state index in [1.54, 1.807) is 0 Å². The van der Waals surface area contributed by atoms with Crippen LogP contribution in [0.2, 0.25) is 0 Å². The van der Waals surface area contributed by atoms with Crippen LogP contribution in [-0.4, -0.2) is 19.5 Å². The van der Waals surface area contributed by atoms with Crippen molar-refractivity contribution in [2.45, 2.75) is 24.7 Å². The number of nitrogens with zero attached hydrogens (tertiary/aromatic N) is 5. The molecule has 96 heavy (non-hydrogen) atoms. The van der Waals surface area contributed by atoms with Gasteiger partial charge < -0.3 is 4.90 Å². The van der Waals surface area contributed by atoms with Crippen LogP contribution in [0, 0.1) is 0 Å². The first-order valence-electron chi connectivity index (χ1n) is 33.1. The molecule has 0 aliphatic heterocycles. The molecule has 0 saturated carbocycles. The maximum absolute atomic E-state index is 5.54. The average molecular weight is 1220 g/mol. The Morgan fingerprint density at radius 3 is 1.26 bits per heavy atom. The zero-order valence-electron chi connectivity index (χ0n) is 53.0. The van der Waals surface area contributed by atoms with Crippen LogP contribution in [0.25, 0.3) is 128 Å². The van der Waals surface area contributed by atoms with Gasteiger partial charge in [0.05, 0.1) is 16.4 Å². The van der Waals surface area contributed by atoms with Crippen LogP contribution in [0.4, 0.5) is 17.1 Å². The van der Waals surface area contributed by atoms with E-state index in [0.29, 0.717) is 17.6 Å². The Morgan fingerprint density at radius 1 is 0.271 bits per heavy atom. The minimum Gasteiger partial charge on any atom is -0.310 e. The second kappa shape index (κ2) is 21.6. The van der Waals surface area contributed by atoms with Gasteiger partial charge in [-0.25, -0.2) is 4.98 Å². The molecule has 3 aliphatic carbocycles. The van der Waals surface area contributed by atoms with Crippen molar-refractivity contribution in [3.8, 4) is 107 Å². The molecule has 0 radical (unpaired) electrons. The molecule has 5 nitrogen and oxygen atoms in total. The van der Waals surface area contributed by atoms with Gasteiger partial charge in [-0.15, -0.1) is 0 Å². The Hall–Kier alpha value is -12.3. The summed E-state index contributed by atoms with van der Waals surface area (Å²) in [6.45, 7) is 4.73. The van der Waals surface area contributed by atoms with E-state index in [2.05, 4.69) is 345 Å². The second-order valence-electron chi connectivity index (χ2n) is 26.2. The molecule has 450 valence electrons. The lowest BCUT2D eigenvalue weighted by Crippen LogP contribution is -2.26. The Kier molecular flexibility index (Phi) is 12.5. The molecule has 2 aromatic heterocycles. The predicted molar refractivity (Wildman–Crippen MR) is 395 cm³/mol. The van der Waals surface area contributed by atoms with Crippen LogP contribution >= 0.6 is 0 Å². The van der Waals surface area contributed by atoms with Gasteiger partial charge in [-0.05, 0) is 172 Å². The van der Waals surface area contributed by atoms with Crippen molar-refractivity contribution >= 4 is 38.9 Å². The lowest BCUT2D eigenvalue weighted by atomic mass is 9.70. The van der Waals surface area contributed by atoms with Crippen LogP contribution in [0.5, 0.6) is 0 Å². The topological polar surface area (TPSA) is 46.8 Å². The fourth-order valence-electron chi connectivity index (χ4n) is 16.3. The number of hydrogen-bond acceptors (Lipinski definition) is 4. The van der Waals surface area contributed by atoms with Gasteiger partial charge in [0.15, 0.2) is 11.6 Å². The summed E-state index contributed by atoms with van der Waals surface area (Å²) >= 11 is 0. The molecule has 0 atom stereocenters. The Labute approximate surface area is 558 Å². The summed E-state index contributed by atoms with van der Waals surface area (Å²) in [4.78, 5) is 18.7. The molecule has 0 amide bonds. The van der Waals surface area contributed by atoms with Crippen LogP contribution < -0.4 is 4.90 Å². The van der Waals surface area contributed by atoms with Crippen LogP contribution in [0.1, 0.15) is 47.2 Å². The van der Waals surface area contributed by atoms with E-state index in [4.69, 9.17) is 15.0 Å². The molecule has 5 heteroatoms. The highest BCUT2D eigenvalue weighted by atomic mass is 15.2. The van der Waals surface area contributed by atoms with Gasteiger partial charge >= 0.3 is 0 Å². The molecule has 0 bridgehead atoms. The molecular formula is C91H61N5. The van der Waals surface area contributed by atoms with Crippen LogP contribution in [0.3, 0.4) is 0 Å². The van der Waals surface area contributed by atoms with Crippen LogP contribution in [0.15, 0.2) is 334 Å². The molecule has 16 aromatic rings. The van der Waals surface area contributed by atoms with E-state index in [9.17, 15) is 0 Å². The number of hydrogen-bond donors (Lipinski definition) is 0. The summed E-state index contributed by atoms with van der Waals surface area (Å²) in [6, 6.07) is 122. The molecular weight excluding hydrogens is 1160 g/mol. The zero-order chi connectivity index (χ0) is 63.6. The van der Waals surface area contributed by atoms with Crippen LogP contribution in [-0.2, 0) is 10.8 Å². The number of anilines is 3. The molecule has 0 fully saturated rings. The molecule has 0 saturated heterocycles.